The van der Waals surface area contributed by atoms with E-state index in [0.29, 0.717) is 52.7 Å². The summed E-state index contributed by atoms with van der Waals surface area (Å²) in [6.45, 7) is 13.3. The zero-order valence-electron chi connectivity index (χ0n) is 35.3. The summed E-state index contributed by atoms with van der Waals surface area (Å²) in [6.07, 6.45) is -1.30. The highest BCUT2D eigenvalue weighted by molar-refractivity contribution is 8.76. The van der Waals surface area contributed by atoms with Crippen LogP contribution < -0.4 is 20.5 Å². The van der Waals surface area contributed by atoms with Gasteiger partial charge in [0.25, 0.3) is 11.5 Å². The highest BCUT2D eigenvalue weighted by Crippen LogP contribution is 2.42. The number of aromatic nitrogens is 2. The number of anilines is 1. The van der Waals surface area contributed by atoms with Gasteiger partial charge in [-0.15, -0.1) is 0 Å². The molecule has 3 aliphatic rings. The summed E-state index contributed by atoms with van der Waals surface area (Å²) in [5.41, 5.74) is 2.59. The lowest BCUT2D eigenvalue weighted by Gasteiger charge is -2.35. The number of carbonyl (C=O) groups excluding carboxylic acids is 4. The largest absolute Gasteiger partial charge is 0.514 e. The number of rotatable bonds is 13. The van der Waals surface area contributed by atoms with Crippen LogP contribution in [-0.4, -0.2) is 102 Å². The van der Waals surface area contributed by atoms with E-state index in [0.717, 1.165) is 48.4 Å². The third-order valence-electron chi connectivity index (χ3n) is 10.9. The molecule has 61 heavy (non-hydrogen) atoms. The van der Waals surface area contributed by atoms with Gasteiger partial charge in [0.2, 0.25) is 5.60 Å². The number of cyclic esters (lactones) is 1. The molecule has 0 unspecified atom stereocenters. The first-order valence-electron chi connectivity index (χ1n) is 20.4. The Balaban J connectivity index is 0.00000641. The number of carbonyl (C=O) groups is 4. The molecule has 1 saturated heterocycles. The molecule has 2 aromatic heterocycles. The average molecular weight is 876 g/mol. The van der Waals surface area contributed by atoms with Crippen molar-refractivity contribution in [2.45, 2.75) is 71.8 Å². The van der Waals surface area contributed by atoms with E-state index in [4.69, 9.17) is 28.7 Å². The lowest BCUT2D eigenvalue weighted by molar-refractivity contribution is -0.175. The third-order valence-corrected chi connectivity index (χ3v) is 13.3. The summed E-state index contributed by atoms with van der Waals surface area (Å²) >= 11 is 0. The van der Waals surface area contributed by atoms with Gasteiger partial charge in [-0.3, -0.25) is 9.59 Å². The summed E-state index contributed by atoms with van der Waals surface area (Å²) < 4.78 is 29.1. The Bertz CT molecular complexity index is 2400. The molecule has 1 fully saturated rings. The number of nitrogens with one attached hydrogen (secondary N) is 1. The molecule has 326 valence electrons. The van der Waals surface area contributed by atoms with Gasteiger partial charge in [0, 0.05) is 73.4 Å². The number of amides is 1. The fraction of sp³-hybridized carbons (Fsp3) is 0.455. The van der Waals surface area contributed by atoms with E-state index in [9.17, 15) is 24.0 Å². The van der Waals surface area contributed by atoms with E-state index in [1.54, 1.807) is 56.5 Å². The molecule has 0 spiro atoms. The molecular formula is C44H53N5O10S2. The van der Waals surface area contributed by atoms with Gasteiger partial charge in [0.05, 0.1) is 29.0 Å². The summed E-state index contributed by atoms with van der Waals surface area (Å²) in [5.74, 6) is 0.438. The molecule has 4 aromatic rings. The minimum atomic E-state index is -1.91. The molecule has 1 amide bonds. The monoisotopic (exact) mass is 875 g/mol. The highest BCUT2D eigenvalue weighted by Gasteiger charge is 2.51. The number of ether oxygens (including phenoxy) is 5. The van der Waals surface area contributed by atoms with Gasteiger partial charge in [-0.25, -0.2) is 19.4 Å². The molecule has 2 aromatic carbocycles. The molecule has 17 heteroatoms. The molecule has 7 rings (SSSR count). The first-order chi connectivity index (χ1) is 29.2. The van der Waals surface area contributed by atoms with Crippen molar-refractivity contribution in [1.82, 2.24) is 19.8 Å². The zero-order valence-corrected chi connectivity index (χ0v) is 36.9. The molecule has 0 aliphatic carbocycles. The van der Waals surface area contributed by atoms with E-state index in [1.165, 1.54) is 21.6 Å². The molecule has 15 nitrogen and oxygen atoms in total. The third kappa shape index (κ3) is 9.48. The predicted molar refractivity (Wildman–Crippen MR) is 236 cm³/mol. The highest BCUT2D eigenvalue weighted by atomic mass is 33.1. The van der Waals surface area contributed by atoms with Crippen LogP contribution in [-0.2, 0) is 48.9 Å². The molecule has 0 saturated carbocycles. The summed E-state index contributed by atoms with van der Waals surface area (Å²) in [5, 5.41) is 3.71. The van der Waals surface area contributed by atoms with Crippen molar-refractivity contribution in [2.75, 3.05) is 62.8 Å². The normalized spacial score (nSPS) is 17.2. The maximum atomic E-state index is 14.1. The maximum absolute atomic E-state index is 14.1. The fourth-order valence-electron chi connectivity index (χ4n) is 7.78. The van der Waals surface area contributed by atoms with Crippen LogP contribution in [0.2, 0.25) is 0 Å². The van der Waals surface area contributed by atoms with Crippen molar-refractivity contribution in [3.8, 4) is 17.1 Å². The molecule has 1 N–H and O–H groups in total. The van der Waals surface area contributed by atoms with E-state index in [2.05, 4.69) is 22.2 Å². The van der Waals surface area contributed by atoms with Crippen LogP contribution in [0.4, 0.5) is 15.3 Å². The number of benzene rings is 2. The first kappa shape index (κ1) is 43.8. The van der Waals surface area contributed by atoms with E-state index >= 15 is 0 Å². The Morgan fingerprint density at radius 1 is 0.951 bits per heavy atom. The van der Waals surface area contributed by atoms with Gasteiger partial charge in [0.1, 0.15) is 24.6 Å². The van der Waals surface area contributed by atoms with Gasteiger partial charge in [0.15, 0.2) is 0 Å². The van der Waals surface area contributed by atoms with Gasteiger partial charge < -0.3 is 43.4 Å². The summed E-state index contributed by atoms with van der Waals surface area (Å²) in [6, 6.07) is 14.5. The van der Waals surface area contributed by atoms with Crippen molar-refractivity contribution in [2.24, 2.45) is 0 Å². The lowest BCUT2D eigenvalue weighted by Crippen LogP contribution is -2.47. The van der Waals surface area contributed by atoms with Crippen molar-refractivity contribution < 1.29 is 44.3 Å². The minimum absolute atomic E-state index is 0. The molecule has 0 radical (unpaired) electrons. The number of fused-ring (bicyclic) bond motifs is 5. The second kappa shape index (κ2) is 18.4. The molecule has 1 atom stereocenters. The standard InChI is InChI=1S/C44H51N5O10S2.H2/c1-7-30-31-23-29(57-42(54)58-43(3,4)5)13-14-35(31)46-37-32(30)25-49-36(37)24-34-33(39(49)51)26-56-40(52)44(34,8-2)59-41(53)55-20-22-61-60-21-15-45-38(50)27-9-11-28(12-10-27)48-18-16-47(6)17-19-48;/h9-14,23-24H,7-8,15-22,25-26H2,1-6H3,(H,45,50);1H/t44-;/m0./s1. The van der Waals surface area contributed by atoms with Crippen LogP contribution >= 0.6 is 21.6 Å². The van der Waals surface area contributed by atoms with Gasteiger partial charge in [-0.05, 0) is 94.8 Å². The first-order valence-corrected chi connectivity index (χ1v) is 22.9. The number of pyridine rings is 2. The second-order valence-electron chi connectivity index (χ2n) is 16.0. The van der Waals surface area contributed by atoms with E-state index < -0.39 is 29.5 Å². The number of hydrogen-bond donors (Lipinski definition) is 1. The quantitative estimate of drug-likeness (QED) is 0.0425. The molecule has 3 aliphatic heterocycles. The molecular weight excluding hydrogens is 823 g/mol. The Kier molecular flexibility index (Phi) is 13.2. The molecule has 0 bridgehead atoms. The van der Waals surface area contributed by atoms with Crippen LogP contribution in [0.1, 0.15) is 75.1 Å². The topological polar surface area (TPSA) is 168 Å². The van der Waals surface area contributed by atoms with Crippen LogP contribution in [0, 0.1) is 0 Å². The van der Waals surface area contributed by atoms with Crippen molar-refractivity contribution in [3.05, 3.63) is 86.7 Å². The Morgan fingerprint density at radius 2 is 1.69 bits per heavy atom. The lowest BCUT2D eigenvalue weighted by atomic mass is 9.85. The average Bonchev–Trinajstić information content (AvgIpc) is 3.60. The van der Waals surface area contributed by atoms with Crippen LogP contribution in [0.25, 0.3) is 22.3 Å². The van der Waals surface area contributed by atoms with E-state index in [1.807, 2.05) is 31.2 Å². The SMILES string of the molecule is CCc1c2c(nc3ccc(OC(=O)OC(C)(C)C)cc13)-c1cc3c(c(=O)n1C2)COC(=O)[C@@]3(CC)OC(=O)OCCSSCCNC(=O)c1ccc(N2CCN(C)CC2)cc1.[HH]. The fourth-order valence-corrected chi connectivity index (χ4v) is 9.51. The van der Waals surface area contributed by atoms with Gasteiger partial charge in [-0.2, -0.15) is 0 Å². The Morgan fingerprint density at radius 3 is 2.39 bits per heavy atom. The minimum Gasteiger partial charge on any atom is -0.457 e. The number of piperazine rings is 1. The zero-order chi connectivity index (χ0) is 43.5. The number of nitrogens with zero attached hydrogens (tertiary/aromatic N) is 4. The number of esters is 1. The summed E-state index contributed by atoms with van der Waals surface area (Å²) in [4.78, 5) is 75.4. The van der Waals surface area contributed by atoms with Crippen molar-refractivity contribution in [3.63, 3.8) is 0 Å². The second-order valence-corrected chi connectivity index (χ2v) is 18.7. The number of hydrogen-bond acceptors (Lipinski definition) is 15. The Hall–Kier alpha value is -5.26. The van der Waals surface area contributed by atoms with Gasteiger partial charge in [-0.1, -0.05) is 35.4 Å². The predicted octanol–water partition coefficient (Wildman–Crippen LogP) is 6.93. The van der Waals surface area contributed by atoms with Gasteiger partial charge >= 0.3 is 18.3 Å². The van der Waals surface area contributed by atoms with Crippen molar-refractivity contribution in [1.29, 1.82) is 0 Å². The number of likely N-dealkylation sites (N-methyl/N-ethyl adjacent to an activating group) is 1. The van der Waals surface area contributed by atoms with Crippen molar-refractivity contribution >= 4 is 62.4 Å². The Labute approximate surface area is 363 Å². The van der Waals surface area contributed by atoms with Crippen LogP contribution in [0.3, 0.4) is 0 Å². The van der Waals surface area contributed by atoms with Crippen LogP contribution in [0.5, 0.6) is 5.75 Å². The molecule has 5 heterocycles. The summed E-state index contributed by atoms with van der Waals surface area (Å²) in [7, 11) is 5.12. The van der Waals surface area contributed by atoms with Crippen LogP contribution in [0.15, 0.2) is 53.3 Å². The van der Waals surface area contributed by atoms with E-state index in [-0.39, 0.29) is 50.2 Å². The maximum Gasteiger partial charge on any atom is 0.514 e. The smallest absolute Gasteiger partial charge is 0.457 e. The number of aryl methyl sites for hydroxylation is 1.